The molecule has 1 N–H and O–H groups in total. The number of hydrogen-bond donors (Lipinski definition) is 1. The first-order valence-corrected chi connectivity index (χ1v) is 6.88. The lowest BCUT2D eigenvalue weighted by Gasteiger charge is -2.46. The summed E-state index contributed by atoms with van der Waals surface area (Å²) in [7, 11) is 0. The van der Waals surface area contributed by atoms with Crippen LogP contribution in [0.4, 0.5) is 0 Å². The molecule has 0 spiro atoms. The molecule has 1 saturated heterocycles. The maximum Gasteiger partial charge on any atom is 0.0960 e. The van der Waals surface area contributed by atoms with Crippen molar-refractivity contribution in [2.75, 3.05) is 6.61 Å². The summed E-state index contributed by atoms with van der Waals surface area (Å²) < 4.78 is 11.4. The molecule has 0 radical (unpaired) electrons. The average molecular weight is 250 g/mol. The molecule has 3 heteroatoms. The van der Waals surface area contributed by atoms with Gasteiger partial charge in [-0.15, -0.1) is 0 Å². The van der Waals surface area contributed by atoms with Crippen molar-refractivity contribution < 1.29 is 14.3 Å². The summed E-state index contributed by atoms with van der Waals surface area (Å²) in [6.45, 7) is 4.75. The Morgan fingerprint density at radius 2 is 2.22 bits per heavy atom. The maximum absolute atomic E-state index is 9.85. The van der Waals surface area contributed by atoms with Gasteiger partial charge in [-0.1, -0.05) is 13.8 Å². The fourth-order valence-electron chi connectivity index (χ4n) is 4.01. The molecule has 1 aromatic rings. The van der Waals surface area contributed by atoms with E-state index in [0.717, 1.165) is 24.8 Å². The van der Waals surface area contributed by atoms with Crippen LogP contribution in [-0.4, -0.2) is 17.3 Å². The smallest absolute Gasteiger partial charge is 0.0960 e. The van der Waals surface area contributed by atoms with E-state index in [1.165, 1.54) is 6.42 Å². The van der Waals surface area contributed by atoms with E-state index >= 15 is 0 Å². The SMILES string of the molecule is CC1(C)CCCC2(CO)OC(c3ccoc3)CC12. The van der Waals surface area contributed by atoms with E-state index in [4.69, 9.17) is 9.15 Å². The second-order valence-electron chi connectivity index (χ2n) is 6.52. The zero-order valence-corrected chi connectivity index (χ0v) is 11.2. The van der Waals surface area contributed by atoms with Crippen LogP contribution in [-0.2, 0) is 4.74 Å². The minimum Gasteiger partial charge on any atom is -0.472 e. The van der Waals surface area contributed by atoms with Gasteiger partial charge < -0.3 is 14.3 Å². The Hall–Kier alpha value is -0.800. The molecule has 2 heterocycles. The van der Waals surface area contributed by atoms with Gasteiger partial charge in [0.1, 0.15) is 0 Å². The molecule has 2 aliphatic rings. The zero-order chi connectivity index (χ0) is 12.8. The fourth-order valence-corrected chi connectivity index (χ4v) is 4.01. The number of rotatable bonds is 2. The first-order valence-electron chi connectivity index (χ1n) is 6.88. The van der Waals surface area contributed by atoms with E-state index in [-0.39, 0.29) is 23.7 Å². The average Bonchev–Trinajstić information content (AvgIpc) is 2.95. The van der Waals surface area contributed by atoms with Gasteiger partial charge in [0, 0.05) is 5.56 Å². The second kappa shape index (κ2) is 4.10. The third-order valence-electron chi connectivity index (χ3n) is 5.01. The highest BCUT2D eigenvalue weighted by Crippen LogP contribution is 2.57. The van der Waals surface area contributed by atoms with Crippen molar-refractivity contribution in [1.29, 1.82) is 0 Å². The molecule has 3 unspecified atom stereocenters. The molecule has 1 aromatic heterocycles. The summed E-state index contributed by atoms with van der Waals surface area (Å²) in [6, 6.07) is 1.97. The Balaban J connectivity index is 1.91. The van der Waals surface area contributed by atoms with Gasteiger partial charge in [0.25, 0.3) is 0 Å². The van der Waals surface area contributed by atoms with Gasteiger partial charge in [-0.05, 0) is 43.1 Å². The Labute approximate surface area is 108 Å². The highest BCUT2D eigenvalue weighted by molar-refractivity contribution is 5.15. The monoisotopic (exact) mass is 250 g/mol. The zero-order valence-electron chi connectivity index (χ0n) is 11.2. The molecule has 18 heavy (non-hydrogen) atoms. The summed E-state index contributed by atoms with van der Waals surface area (Å²) in [4.78, 5) is 0. The lowest BCUT2D eigenvalue weighted by Crippen LogP contribution is -2.49. The Morgan fingerprint density at radius 1 is 1.39 bits per heavy atom. The molecule has 0 aromatic carbocycles. The van der Waals surface area contributed by atoms with Gasteiger partial charge in [0.15, 0.2) is 0 Å². The molecule has 3 nitrogen and oxygen atoms in total. The number of fused-ring (bicyclic) bond motifs is 1. The summed E-state index contributed by atoms with van der Waals surface area (Å²) in [5.41, 5.74) is 1.02. The van der Waals surface area contributed by atoms with E-state index in [2.05, 4.69) is 13.8 Å². The van der Waals surface area contributed by atoms with Crippen LogP contribution in [0, 0.1) is 11.3 Å². The molecular weight excluding hydrogens is 228 g/mol. The lowest BCUT2D eigenvalue weighted by molar-refractivity contribution is -0.132. The third kappa shape index (κ3) is 1.72. The van der Waals surface area contributed by atoms with Crippen LogP contribution in [0.15, 0.2) is 23.0 Å². The number of ether oxygens (including phenoxy) is 1. The topological polar surface area (TPSA) is 42.6 Å². The molecule has 1 saturated carbocycles. The van der Waals surface area contributed by atoms with Gasteiger partial charge in [-0.3, -0.25) is 0 Å². The van der Waals surface area contributed by atoms with Crippen LogP contribution in [0.2, 0.25) is 0 Å². The predicted octanol–water partition coefficient (Wildman–Crippen LogP) is 3.30. The van der Waals surface area contributed by atoms with E-state index in [0.29, 0.717) is 5.92 Å². The van der Waals surface area contributed by atoms with E-state index < -0.39 is 0 Å². The highest BCUT2D eigenvalue weighted by Gasteiger charge is 2.56. The van der Waals surface area contributed by atoms with Crippen LogP contribution < -0.4 is 0 Å². The minimum atomic E-state index is -0.330. The maximum atomic E-state index is 9.85. The van der Waals surface area contributed by atoms with Crippen molar-refractivity contribution in [3.8, 4) is 0 Å². The van der Waals surface area contributed by atoms with Crippen molar-refractivity contribution in [1.82, 2.24) is 0 Å². The molecule has 1 aliphatic carbocycles. The quantitative estimate of drug-likeness (QED) is 0.875. The van der Waals surface area contributed by atoms with Gasteiger partial charge in [0.2, 0.25) is 0 Å². The molecule has 3 atom stereocenters. The number of hydrogen-bond acceptors (Lipinski definition) is 3. The van der Waals surface area contributed by atoms with Gasteiger partial charge in [-0.25, -0.2) is 0 Å². The van der Waals surface area contributed by atoms with Crippen LogP contribution in [0.5, 0.6) is 0 Å². The summed E-state index contributed by atoms with van der Waals surface area (Å²) in [5.74, 6) is 0.434. The van der Waals surface area contributed by atoms with Crippen molar-refractivity contribution in [2.45, 2.75) is 51.2 Å². The predicted molar refractivity (Wildman–Crippen MR) is 68.1 cm³/mol. The number of aliphatic hydroxyl groups excluding tert-OH is 1. The molecular formula is C15H22O3. The normalized spacial score (nSPS) is 38.6. The fraction of sp³-hybridized carbons (Fsp3) is 0.733. The van der Waals surface area contributed by atoms with Crippen molar-refractivity contribution in [3.63, 3.8) is 0 Å². The molecule has 3 rings (SSSR count). The van der Waals surface area contributed by atoms with Crippen LogP contribution in [0.1, 0.15) is 51.2 Å². The summed E-state index contributed by atoms with van der Waals surface area (Å²) >= 11 is 0. The standard InChI is InChI=1S/C15H22O3/c1-14(2)5-3-6-15(10-16)13(14)8-12(18-15)11-4-7-17-9-11/h4,7,9,12-13,16H,3,5-6,8,10H2,1-2H3. The van der Waals surface area contributed by atoms with E-state index in [1.807, 2.05) is 6.07 Å². The van der Waals surface area contributed by atoms with Gasteiger partial charge in [-0.2, -0.15) is 0 Å². The Kier molecular flexibility index (Phi) is 2.79. The summed E-state index contributed by atoms with van der Waals surface area (Å²) in [5, 5.41) is 9.85. The largest absolute Gasteiger partial charge is 0.472 e. The molecule has 1 aliphatic heterocycles. The lowest BCUT2D eigenvalue weighted by atomic mass is 9.61. The summed E-state index contributed by atoms with van der Waals surface area (Å²) in [6.07, 6.45) is 7.87. The first-order chi connectivity index (χ1) is 8.57. The molecule has 0 bridgehead atoms. The Morgan fingerprint density at radius 3 is 2.83 bits per heavy atom. The number of furan rings is 1. The second-order valence-corrected chi connectivity index (χ2v) is 6.52. The molecule has 2 fully saturated rings. The Bertz CT molecular complexity index is 409. The van der Waals surface area contributed by atoms with Crippen LogP contribution in [0.3, 0.4) is 0 Å². The van der Waals surface area contributed by atoms with Gasteiger partial charge >= 0.3 is 0 Å². The number of aliphatic hydroxyl groups is 1. The van der Waals surface area contributed by atoms with E-state index in [1.54, 1.807) is 12.5 Å². The molecule has 100 valence electrons. The van der Waals surface area contributed by atoms with E-state index in [9.17, 15) is 5.11 Å². The third-order valence-corrected chi connectivity index (χ3v) is 5.01. The van der Waals surface area contributed by atoms with Crippen molar-refractivity contribution >= 4 is 0 Å². The van der Waals surface area contributed by atoms with Crippen molar-refractivity contribution in [3.05, 3.63) is 24.2 Å². The first kappa shape index (κ1) is 12.2. The highest BCUT2D eigenvalue weighted by atomic mass is 16.5. The van der Waals surface area contributed by atoms with Gasteiger partial charge in [0.05, 0.1) is 30.8 Å². The van der Waals surface area contributed by atoms with Crippen molar-refractivity contribution in [2.24, 2.45) is 11.3 Å². The van der Waals surface area contributed by atoms with Crippen LogP contribution >= 0.6 is 0 Å². The minimum absolute atomic E-state index is 0.0817. The molecule has 0 amide bonds. The van der Waals surface area contributed by atoms with Crippen LogP contribution in [0.25, 0.3) is 0 Å².